The number of nitrogen functional groups attached to an aromatic ring is 1. The van der Waals surface area contributed by atoms with Gasteiger partial charge < -0.3 is 5.84 Å². The summed E-state index contributed by atoms with van der Waals surface area (Å²) >= 11 is 1.29. The molecule has 0 radical (unpaired) electrons. The van der Waals surface area contributed by atoms with Crippen LogP contribution in [0.1, 0.15) is 26.6 Å². The zero-order valence-corrected chi connectivity index (χ0v) is 14.5. The van der Waals surface area contributed by atoms with Crippen molar-refractivity contribution in [1.82, 2.24) is 14.9 Å². The summed E-state index contributed by atoms with van der Waals surface area (Å²) in [7, 11) is -3.28. The van der Waals surface area contributed by atoms with Crippen LogP contribution in [0, 0.1) is 0 Å². The van der Waals surface area contributed by atoms with E-state index in [4.69, 9.17) is 5.84 Å². The second-order valence-corrected chi connectivity index (χ2v) is 9.08. The largest absolute Gasteiger partial charge is 0.336 e. The summed E-state index contributed by atoms with van der Waals surface area (Å²) in [6.45, 7) is 5.98. The molecule has 2 rings (SSSR count). The molecule has 0 spiro atoms. The van der Waals surface area contributed by atoms with Crippen LogP contribution in [0.4, 0.5) is 0 Å². The van der Waals surface area contributed by atoms with Crippen LogP contribution in [0.15, 0.2) is 40.4 Å². The van der Waals surface area contributed by atoms with Crippen molar-refractivity contribution in [2.45, 2.75) is 36.2 Å². The van der Waals surface area contributed by atoms with Crippen LogP contribution in [-0.2, 0) is 15.3 Å². The Morgan fingerprint density at radius 1 is 1.18 bits per heavy atom. The first kappa shape index (κ1) is 16.8. The van der Waals surface area contributed by atoms with Gasteiger partial charge >= 0.3 is 0 Å². The van der Waals surface area contributed by atoms with E-state index in [9.17, 15) is 8.42 Å². The maximum atomic E-state index is 12.2. The lowest BCUT2D eigenvalue weighted by atomic mass is 9.96. The highest BCUT2D eigenvalue weighted by Gasteiger charge is 2.23. The molecule has 0 saturated carbocycles. The standard InChI is InChI=1S/C14H20N4O2S2/c1-14(2,3)12-16-17-13(18(12)15)21-9-10-22(19,20)11-7-5-4-6-8-11/h4-8H,9-10,15H2,1-3H3. The monoisotopic (exact) mass is 340 g/mol. The molecule has 0 atom stereocenters. The Balaban J connectivity index is 2.02. The van der Waals surface area contributed by atoms with Crippen molar-refractivity contribution < 1.29 is 8.42 Å². The predicted molar refractivity (Wildman–Crippen MR) is 88.1 cm³/mol. The number of aromatic nitrogens is 3. The molecule has 2 N–H and O–H groups in total. The van der Waals surface area contributed by atoms with Crippen molar-refractivity contribution in [2.24, 2.45) is 0 Å². The minimum atomic E-state index is -3.28. The van der Waals surface area contributed by atoms with Crippen LogP contribution in [0.2, 0.25) is 0 Å². The van der Waals surface area contributed by atoms with Gasteiger partial charge in [0.25, 0.3) is 0 Å². The average molecular weight is 340 g/mol. The van der Waals surface area contributed by atoms with Gasteiger partial charge in [-0.3, -0.25) is 0 Å². The molecule has 0 amide bonds. The minimum Gasteiger partial charge on any atom is -0.336 e. The number of hydrogen-bond acceptors (Lipinski definition) is 6. The number of nitrogens with two attached hydrogens (primary N) is 1. The SMILES string of the molecule is CC(C)(C)c1nnc(SCCS(=O)(=O)c2ccccc2)n1N. The lowest BCUT2D eigenvalue weighted by molar-refractivity contribution is 0.523. The normalized spacial score (nSPS) is 12.5. The summed E-state index contributed by atoms with van der Waals surface area (Å²) in [4.78, 5) is 0.334. The summed E-state index contributed by atoms with van der Waals surface area (Å²) in [5.41, 5.74) is -0.212. The summed E-state index contributed by atoms with van der Waals surface area (Å²) < 4.78 is 25.8. The van der Waals surface area contributed by atoms with E-state index in [2.05, 4.69) is 10.2 Å². The average Bonchev–Trinajstić information content (AvgIpc) is 2.81. The Hall–Kier alpha value is -1.54. The Kier molecular flexibility index (Phi) is 4.81. The zero-order valence-electron chi connectivity index (χ0n) is 12.9. The van der Waals surface area contributed by atoms with Gasteiger partial charge in [-0.1, -0.05) is 50.7 Å². The van der Waals surface area contributed by atoms with Crippen molar-refractivity contribution in [3.63, 3.8) is 0 Å². The van der Waals surface area contributed by atoms with Gasteiger partial charge in [-0.15, -0.1) is 10.2 Å². The topological polar surface area (TPSA) is 90.9 Å². The summed E-state index contributed by atoms with van der Waals surface area (Å²) in [5.74, 6) is 7.04. The molecule has 6 nitrogen and oxygen atoms in total. The molecule has 0 unspecified atom stereocenters. The van der Waals surface area contributed by atoms with Gasteiger partial charge in [0.05, 0.1) is 10.6 Å². The molecule has 0 bridgehead atoms. The van der Waals surface area contributed by atoms with Crippen LogP contribution < -0.4 is 5.84 Å². The van der Waals surface area contributed by atoms with Gasteiger partial charge in [0.1, 0.15) is 0 Å². The Labute approximate surface area is 135 Å². The van der Waals surface area contributed by atoms with Crippen molar-refractivity contribution in [3.05, 3.63) is 36.2 Å². The van der Waals surface area contributed by atoms with Crippen molar-refractivity contribution in [2.75, 3.05) is 17.3 Å². The Morgan fingerprint density at radius 3 is 2.36 bits per heavy atom. The molecule has 0 fully saturated rings. The third-order valence-corrected chi connectivity index (χ3v) is 5.96. The van der Waals surface area contributed by atoms with E-state index in [0.717, 1.165) is 0 Å². The van der Waals surface area contributed by atoms with Gasteiger partial charge in [0.15, 0.2) is 15.7 Å². The molecule has 0 aliphatic rings. The quantitative estimate of drug-likeness (QED) is 0.660. The molecule has 120 valence electrons. The number of rotatable bonds is 5. The first-order chi connectivity index (χ1) is 10.2. The van der Waals surface area contributed by atoms with E-state index in [1.807, 2.05) is 20.8 Å². The van der Waals surface area contributed by atoms with Crippen molar-refractivity contribution in [1.29, 1.82) is 0 Å². The molecule has 2 aromatic rings. The number of thioether (sulfide) groups is 1. The second kappa shape index (κ2) is 6.29. The van der Waals surface area contributed by atoms with E-state index in [1.165, 1.54) is 16.4 Å². The number of hydrogen-bond donors (Lipinski definition) is 1. The van der Waals surface area contributed by atoms with Crippen LogP contribution >= 0.6 is 11.8 Å². The minimum absolute atomic E-state index is 0.0272. The predicted octanol–water partition coefficient (Wildman–Crippen LogP) is 1.86. The van der Waals surface area contributed by atoms with Crippen molar-refractivity contribution in [3.8, 4) is 0 Å². The highest BCUT2D eigenvalue weighted by molar-refractivity contribution is 8.00. The van der Waals surface area contributed by atoms with E-state index in [-0.39, 0.29) is 11.2 Å². The molecule has 0 saturated heterocycles. The van der Waals surface area contributed by atoms with E-state index < -0.39 is 9.84 Å². The molecule has 1 heterocycles. The number of benzene rings is 1. The maximum absolute atomic E-state index is 12.2. The first-order valence-corrected chi connectivity index (χ1v) is 9.47. The van der Waals surface area contributed by atoms with Crippen LogP contribution in [-0.4, -0.2) is 34.8 Å². The molecule has 1 aromatic heterocycles. The summed E-state index contributed by atoms with van der Waals surface area (Å²) in [6, 6.07) is 8.42. The number of nitrogens with zero attached hydrogens (tertiary/aromatic N) is 3. The second-order valence-electron chi connectivity index (χ2n) is 5.91. The fourth-order valence-corrected chi connectivity index (χ4v) is 4.40. The smallest absolute Gasteiger partial charge is 0.209 e. The third kappa shape index (κ3) is 3.80. The molecule has 1 aromatic carbocycles. The van der Waals surface area contributed by atoms with Crippen LogP contribution in [0.25, 0.3) is 0 Å². The molecular weight excluding hydrogens is 320 g/mol. The molecular formula is C14H20N4O2S2. The Morgan fingerprint density at radius 2 is 1.82 bits per heavy atom. The van der Waals surface area contributed by atoms with E-state index >= 15 is 0 Å². The lowest BCUT2D eigenvalue weighted by Gasteiger charge is -2.16. The van der Waals surface area contributed by atoms with Crippen LogP contribution in [0.3, 0.4) is 0 Å². The van der Waals surface area contributed by atoms with Crippen molar-refractivity contribution >= 4 is 21.6 Å². The fourth-order valence-electron chi connectivity index (χ4n) is 1.88. The zero-order chi connectivity index (χ0) is 16.4. The first-order valence-electron chi connectivity index (χ1n) is 6.83. The summed E-state index contributed by atoms with van der Waals surface area (Å²) in [6.07, 6.45) is 0. The highest BCUT2D eigenvalue weighted by Crippen LogP contribution is 2.23. The third-order valence-electron chi connectivity index (χ3n) is 3.02. The molecule has 22 heavy (non-hydrogen) atoms. The van der Waals surface area contributed by atoms with E-state index in [0.29, 0.717) is 21.6 Å². The highest BCUT2D eigenvalue weighted by atomic mass is 32.2. The number of sulfone groups is 1. The fraction of sp³-hybridized carbons (Fsp3) is 0.429. The van der Waals surface area contributed by atoms with E-state index in [1.54, 1.807) is 30.3 Å². The van der Waals surface area contributed by atoms with Gasteiger partial charge in [-0.25, -0.2) is 13.1 Å². The maximum Gasteiger partial charge on any atom is 0.209 e. The lowest BCUT2D eigenvalue weighted by Crippen LogP contribution is -2.24. The van der Waals surface area contributed by atoms with Gasteiger partial charge in [0, 0.05) is 11.2 Å². The van der Waals surface area contributed by atoms with Gasteiger partial charge in [-0.2, -0.15) is 0 Å². The Bertz CT molecular complexity index is 734. The van der Waals surface area contributed by atoms with Gasteiger partial charge in [-0.05, 0) is 12.1 Å². The molecule has 0 aliphatic heterocycles. The molecule has 8 heteroatoms. The van der Waals surface area contributed by atoms with Gasteiger partial charge in [0.2, 0.25) is 5.16 Å². The summed E-state index contributed by atoms with van der Waals surface area (Å²) in [5, 5.41) is 8.63. The van der Waals surface area contributed by atoms with Crippen LogP contribution in [0.5, 0.6) is 0 Å². The molecule has 0 aliphatic carbocycles.